The van der Waals surface area contributed by atoms with Crippen molar-refractivity contribution in [2.75, 3.05) is 26.4 Å². The summed E-state index contributed by atoms with van der Waals surface area (Å²) in [4.78, 5) is 25.7. The molecule has 0 aliphatic carbocycles. The standard InChI is InChI=1S/C53H86O15/c1-3-5-7-9-11-13-15-17-18-19-20-21-22-24-25-27-29-31-33-35-44(55)63-38-41(66-45(56)36-34-32-30-28-26-23-16-14-12-10-8-6-4-2)39-64-52-51(62)49(60)47(58)43(68-52)40-65-53-50(61)48(59)46(57)42(37-54)67-53/h5,7,11,13,17-18,20-21,23-26,29,31,41-43,46-54,57-62H,3-4,6,8-10,12,14-16,19,22,27-28,30,32-40H2,1-2H3/b7-5+,13-11+,18-17+,21-20+,25-24+,26-23+,31-29+/t41-,42+,43+,46-,47-,48?,49?,50?,51?,52+,53+/m0/s1. The van der Waals surface area contributed by atoms with Crippen molar-refractivity contribution < 1.29 is 73.8 Å². The van der Waals surface area contributed by atoms with Crippen molar-refractivity contribution in [1.29, 1.82) is 0 Å². The van der Waals surface area contributed by atoms with Crippen molar-refractivity contribution in [2.45, 2.75) is 210 Å². The fourth-order valence-electron chi connectivity index (χ4n) is 7.24. The van der Waals surface area contributed by atoms with Gasteiger partial charge in [0.05, 0.1) is 19.8 Å². The lowest BCUT2D eigenvalue weighted by Crippen LogP contribution is -2.61. The Hall–Kier alpha value is -3.32. The maximum atomic E-state index is 13.0. The number of carbonyl (C=O) groups is 2. The van der Waals surface area contributed by atoms with Gasteiger partial charge in [0.15, 0.2) is 18.7 Å². The van der Waals surface area contributed by atoms with Crippen LogP contribution in [0, 0.1) is 0 Å². The van der Waals surface area contributed by atoms with Crippen LogP contribution in [0.4, 0.5) is 0 Å². The highest BCUT2D eigenvalue weighted by Gasteiger charge is 2.47. The second-order valence-electron chi connectivity index (χ2n) is 17.3. The molecular weight excluding hydrogens is 877 g/mol. The van der Waals surface area contributed by atoms with Gasteiger partial charge in [-0.1, -0.05) is 137 Å². The molecule has 0 aromatic rings. The maximum Gasteiger partial charge on any atom is 0.306 e. The first-order valence-electron chi connectivity index (χ1n) is 25.2. The van der Waals surface area contributed by atoms with E-state index in [-0.39, 0.29) is 19.4 Å². The molecule has 2 fully saturated rings. The largest absolute Gasteiger partial charge is 0.462 e. The molecule has 2 saturated heterocycles. The summed E-state index contributed by atoms with van der Waals surface area (Å²) in [6, 6.07) is 0. The fourth-order valence-corrected chi connectivity index (χ4v) is 7.24. The van der Waals surface area contributed by atoms with Crippen LogP contribution in [0.15, 0.2) is 85.1 Å². The third-order valence-corrected chi connectivity index (χ3v) is 11.4. The highest BCUT2D eigenvalue weighted by Crippen LogP contribution is 2.26. The molecule has 11 atom stereocenters. The van der Waals surface area contributed by atoms with Gasteiger partial charge in [0.25, 0.3) is 0 Å². The van der Waals surface area contributed by atoms with Crippen molar-refractivity contribution >= 4 is 11.9 Å². The minimum Gasteiger partial charge on any atom is -0.462 e. The highest BCUT2D eigenvalue weighted by molar-refractivity contribution is 5.70. The van der Waals surface area contributed by atoms with Gasteiger partial charge in [0.2, 0.25) is 0 Å². The molecule has 0 bridgehead atoms. The van der Waals surface area contributed by atoms with Crippen molar-refractivity contribution in [3.8, 4) is 0 Å². The topological polar surface area (TPSA) is 231 Å². The first kappa shape index (κ1) is 60.8. The lowest BCUT2D eigenvalue weighted by molar-refractivity contribution is -0.332. The van der Waals surface area contributed by atoms with Crippen LogP contribution in [-0.4, -0.2) is 142 Å². The number of carbonyl (C=O) groups excluding carboxylic acids is 2. The van der Waals surface area contributed by atoms with Gasteiger partial charge in [0, 0.05) is 12.8 Å². The summed E-state index contributed by atoms with van der Waals surface area (Å²) >= 11 is 0. The van der Waals surface area contributed by atoms with Gasteiger partial charge >= 0.3 is 11.9 Å². The predicted octanol–water partition coefficient (Wildman–Crippen LogP) is 6.82. The maximum absolute atomic E-state index is 13.0. The number of allylic oxidation sites excluding steroid dienone is 14. The summed E-state index contributed by atoms with van der Waals surface area (Å²) in [5, 5.41) is 72.0. The Labute approximate surface area is 405 Å². The van der Waals surface area contributed by atoms with E-state index in [1.54, 1.807) is 0 Å². The summed E-state index contributed by atoms with van der Waals surface area (Å²) in [6.45, 7) is 2.34. The van der Waals surface area contributed by atoms with E-state index < -0.39 is 99.3 Å². The van der Waals surface area contributed by atoms with E-state index in [4.69, 9.17) is 28.4 Å². The molecule has 0 radical (unpaired) electrons. The second-order valence-corrected chi connectivity index (χ2v) is 17.3. The van der Waals surface area contributed by atoms with E-state index >= 15 is 0 Å². The van der Waals surface area contributed by atoms with E-state index in [0.29, 0.717) is 12.8 Å². The van der Waals surface area contributed by atoms with Gasteiger partial charge in [-0.05, 0) is 77.0 Å². The van der Waals surface area contributed by atoms with Gasteiger partial charge in [-0.15, -0.1) is 0 Å². The van der Waals surface area contributed by atoms with Crippen LogP contribution in [0.1, 0.15) is 142 Å². The van der Waals surface area contributed by atoms with Crippen LogP contribution in [-0.2, 0) is 38.0 Å². The number of esters is 2. The third-order valence-electron chi connectivity index (χ3n) is 11.4. The number of rotatable bonds is 37. The molecule has 15 heteroatoms. The molecular formula is C53H86O15. The van der Waals surface area contributed by atoms with Crippen LogP contribution in [0.2, 0.25) is 0 Å². The highest BCUT2D eigenvalue weighted by atomic mass is 16.7. The zero-order chi connectivity index (χ0) is 49.6. The summed E-state index contributed by atoms with van der Waals surface area (Å²) in [6.07, 6.45) is 30.6. The number of hydrogen-bond acceptors (Lipinski definition) is 15. The van der Waals surface area contributed by atoms with Gasteiger partial charge in [-0.2, -0.15) is 0 Å². The fraction of sp³-hybridized carbons (Fsp3) is 0.698. The number of ether oxygens (including phenoxy) is 6. The van der Waals surface area contributed by atoms with Gasteiger partial charge in [0.1, 0.15) is 55.4 Å². The van der Waals surface area contributed by atoms with Crippen LogP contribution >= 0.6 is 0 Å². The Bertz CT molecular complexity index is 1510. The molecule has 4 unspecified atom stereocenters. The van der Waals surface area contributed by atoms with Crippen molar-refractivity contribution in [2.24, 2.45) is 0 Å². The predicted molar refractivity (Wildman–Crippen MR) is 261 cm³/mol. The normalized spacial score (nSPS) is 26.5. The number of hydrogen-bond donors (Lipinski definition) is 7. The molecule has 7 N–H and O–H groups in total. The molecule has 0 spiro atoms. The van der Waals surface area contributed by atoms with Crippen LogP contribution < -0.4 is 0 Å². The average molecular weight is 963 g/mol. The number of aliphatic hydroxyl groups excluding tert-OH is 7. The molecule has 15 nitrogen and oxygen atoms in total. The lowest BCUT2D eigenvalue weighted by atomic mass is 9.98. The molecule has 0 saturated carbocycles. The zero-order valence-corrected chi connectivity index (χ0v) is 40.8. The molecule has 2 aliphatic rings. The zero-order valence-electron chi connectivity index (χ0n) is 40.8. The monoisotopic (exact) mass is 963 g/mol. The Balaban J connectivity index is 1.86. The van der Waals surface area contributed by atoms with Crippen molar-refractivity contribution in [3.05, 3.63) is 85.1 Å². The quantitative estimate of drug-likeness (QED) is 0.0193. The Morgan fingerprint density at radius 2 is 0.956 bits per heavy atom. The third kappa shape index (κ3) is 27.2. The van der Waals surface area contributed by atoms with E-state index in [9.17, 15) is 45.3 Å². The Morgan fingerprint density at radius 3 is 1.51 bits per heavy atom. The molecule has 68 heavy (non-hydrogen) atoms. The minimum absolute atomic E-state index is 0.0851. The van der Waals surface area contributed by atoms with E-state index in [2.05, 4.69) is 86.8 Å². The van der Waals surface area contributed by atoms with Gasteiger partial charge in [-0.25, -0.2) is 0 Å². The molecule has 2 rings (SSSR count). The summed E-state index contributed by atoms with van der Waals surface area (Å²) in [5.41, 5.74) is 0. The number of unbranched alkanes of at least 4 members (excludes halogenated alkanes) is 9. The molecule has 0 aromatic heterocycles. The van der Waals surface area contributed by atoms with Crippen LogP contribution in [0.25, 0.3) is 0 Å². The number of aliphatic hydroxyl groups is 7. The second kappa shape index (κ2) is 39.4. The van der Waals surface area contributed by atoms with Crippen LogP contribution in [0.3, 0.4) is 0 Å². The van der Waals surface area contributed by atoms with Crippen LogP contribution in [0.5, 0.6) is 0 Å². The first-order valence-corrected chi connectivity index (χ1v) is 25.2. The Kier molecular flexibility index (Phi) is 35.2. The van der Waals surface area contributed by atoms with Gasteiger partial charge < -0.3 is 64.2 Å². The molecule has 2 aliphatic heterocycles. The summed E-state index contributed by atoms with van der Waals surface area (Å²) < 4.78 is 33.4. The van der Waals surface area contributed by atoms with E-state index in [0.717, 1.165) is 64.2 Å². The van der Waals surface area contributed by atoms with Crippen molar-refractivity contribution in [1.82, 2.24) is 0 Å². The average Bonchev–Trinajstić information content (AvgIpc) is 3.33. The minimum atomic E-state index is -1.78. The van der Waals surface area contributed by atoms with E-state index in [1.165, 1.54) is 38.5 Å². The smallest absolute Gasteiger partial charge is 0.306 e. The molecule has 0 aromatic carbocycles. The van der Waals surface area contributed by atoms with Crippen molar-refractivity contribution in [3.63, 3.8) is 0 Å². The molecule has 2 heterocycles. The SMILES string of the molecule is CC/C=C/C/C=C/C/C=C/C/C=C/C/C=C/C/C=C/CCC(=O)OC[C@@H](CO[C@@H]1O[C@H](CO[C@@H]2O[C@H](CO)[C@H](O)C(O)C2O)[C@H](O)C(O)C1O)OC(=O)CCCCC/C=C/CCCCCCCC. The molecule has 388 valence electrons. The summed E-state index contributed by atoms with van der Waals surface area (Å²) in [7, 11) is 0. The lowest BCUT2D eigenvalue weighted by Gasteiger charge is -2.42. The van der Waals surface area contributed by atoms with Gasteiger partial charge in [-0.3, -0.25) is 9.59 Å². The summed E-state index contributed by atoms with van der Waals surface area (Å²) in [5.74, 6) is -1.05. The first-order chi connectivity index (χ1) is 33.0. The Morgan fingerprint density at radius 1 is 0.485 bits per heavy atom. The van der Waals surface area contributed by atoms with E-state index in [1.807, 2.05) is 12.2 Å². The molecule has 0 amide bonds.